The van der Waals surface area contributed by atoms with E-state index in [2.05, 4.69) is 11.7 Å². The molecule has 0 saturated heterocycles. The fraction of sp³-hybridized carbons (Fsp3) is 0.571. The Morgan fingerprint density at radius 2 is 2.10 bits per heavy atom. The van der Waals surface area contributed by atoms with E-state index in [-0.39, 0.29) is 0 Å². The van der Waals surface area contributed by atoms with Crippen molar-refractivity contribution < 1.29 is 0 Å². The molecule has 0 spiro atoms. The average Bonchev–Trinajstić information content (AvgIpc) is 2.04. The summed E-state index contributed by atoms with van der Waals surface area (Å²) in [5.41, 5.74) is 0. The van der Waals surface area contributed by atoms with Gasteiger partial charge in [-0.25, -0.2) is 11.0 Å². The molecule has 3 heteroatoms. The first-order chi connectivity index (χ1) is 4.81. The maximum absolute atomic E-state index is 5.25. The number of rotatable bonds is 3. The summed E-state index contributed by atoms with van der Waals surface area (Å²) in [4.78, 5) is 0. The van der Waals surface area contributed by atoms with Crippen molar-refractivity contribution in [3.05, 3.63) is 12.7 Å². The molecule has 0 aliphatic rings. The van der Waals surface area contributed by atoms with Crippen molar-refractivity contribution in [3.8, 4) is 0 Å². The second kappa shape index (κ2) is 11.0. The molecule has 0 bridgehead atoms. The van der Waals surface area contributed by atoms with Gasteiger partial charge in [0.2, 0.25) is 0 Å². The van der Waals surface area contributed by atoms with Crippen LogP contribution in [0.25, 0.3) is 0 Å². The smallest absolute Gasteiger partial charge is 0.0502 e. The lowest BCUT2D eigenvalue weighted by Crippen LogP contribution is -2.24. The molecular formula is C7H17N3. The van der Waals surface area contributed by atoms with Crippen molar-refractivity contribution in [1.29, 1.82) is 0 Å². The predicted octanol–water partition coefficient (Wildman–Crippen LogP) is 1.38. The fourth-order valence-corrected chi connectivity index (χ4v) is 0.214. The van der Waals surface area contributed by atoms with Gasteiger partial charge in [0.25, 0.3) is 0 Å². The summed E-state index contributed by atoms with van der Waals surface area (Å²) in [6.07, 6.45) is 3.12. The lowest BCUT2D eigenvalue weighted by molar-refractivity contribution is 0.319. The Bertz CT molecular complexity index is 88.9. The maximum Gasteiger partial charge on any atom is 0.0502 e. The quantitative estimate of drug-likeness (QED) is 0.368. The third-order valence-corrected chi connectivity index (χ3v) is 0.644. The molecule has 0 heterocycles. The molecule has 0 radical (unpaired) electrons. The molecule has 3 nitrogen and oxygen atoms in total. The van der Waals surface area contributed by atoms with Crippen LogP contribution in [0, 0.1) is 0 Å². The Morgan fingerprint density at radius 1 is 1.60 bits per heavy atom. The Labute approximate surface area is 63.2 Å². The fourth-order valence-electron chi connectivity index (χ4n) is 0.214. The summed E-state index contributed by atoms with van der Waals surface area (Å²) in [6, 6.07) is 0. The van der Waals surface area contributed by atoms with E-state index in [1.165, 1.54) is 5.12 Å². The van der Waals surface area contributed by atoms with Crippen molar-refractivity contribution in [1.82, 2.24) is 5.12 Å². The number of nitrogens with zero attached hydrogens (tertiary/aromatic N) is 2. The van der Waals surface area contributed by atoms with E-state index in [9.17, 15) is 0 Å². The summed E-state index contributed by atoms with van der Waals surface area (Å²) in [7, 11) is 0. The number of hydrogen-bond donors (Lipinski definition) is 1. The van der Waals surface area contributed by atoms with Crippen molar-refractivity contribution in [2.45, 2.75) is 20.8 Å². The van der Waals surface area contributed by atoms with Crippen molar-refractivity contribution in [2.24, 2.45) is 10.9 Å². The van der Waals surface area contributed by atoms with Gasteiger partial charge in [0, 0.05) is 6.21 Å². The lowest BCUT2D eigenvalue weighted by atomic mass is 10.7. The van der Waals surface area contributed by atoms with Crippen LogP contribution in [-0.2, 0) is 0 Å². The highest BCUT2D eigenvalue weighted by Crippen LogP contribution is 1.72. The van der Waals surface area contributed by atoms with E-state index < -0.39 is 0 Å². The first-order valence-corrected chi connectivity index (χ1v) is 3.48. The third-order valence-electron chi connectivity index (χ3n) is 0.644. The molecule has 0 aliphatic carbocycles. The van der Waals surface area contributed by atoms with Gasteiger partial charge >= 0.3 is 0 Å². The van der Waals surface area contributed by atoms with Gasteiger partial charge in [-0.05, 0) is 13.0 Å². The largest absolute Gasteiger partial charge is 0.233 e. The van der Waals surface area contributed by atoms with Crippen molar-refractivity contribution in [3.63, 3.8) is 0 Å². The Kier molecular flexibility index (Phi) is 13.1. The maximum atomic E-state index is 5.25. The molecule has 0 fully saturated rings. The Hall–Kier alpha value is -0.830. The first-order valence-electron chi connectivity index (χ1n) is 3.48. The first kappa shape index (κ1) is 11.9. The topological polar surface area (TPSA) is 41.6 Å². The van der Waals surface area contributed by atoms with E-state index in [1.54, 1.807) is 12.3 Å². The summed E-state index contributed by atoms with van der Waals surface area (Å²) in [5.74, 6) is 5.25. The molecule has 0 amide bonds. The van der Waals surface area contributed by atoms with Crippen LogP contribution >= 0.6 is 0 Å². The summed E-state index contributed by atoms with van der Waals surface area (Å²) >= 11 is 0. The molecule has 0 atom stereocenters. The van der Waals surface area contributed by atoms with Gasteiger partial charge < -0.3 is 0 Å². The Balaban J connectivity index is 0. The van der Waals surface area contributed by atoms with Crippen LogP contribution in [0.1, 0.15) is 20.8 Å². The monoisotopic (exact) mass is 143 g/mol. The second-order valence-electron chi connectivity index (χ2n) is 1.26. The van der Waals surface area contributed by atoms with E-state index >= 15 is 0 Å². The van der Waals surface area contributed by atoms with Crippen LogP contribution < -0.4 is 5.84 Å². The van der Waals surface area contributed by atoms with Gasteiger partial charge in [0.15, 0.2) is 0 Å². The molecular weight excluding hydrogens is 126 g/mol. The lowest BCUT2D eigenvalue weighted by Gasteiger charge is -2.05. The van der Waals surface area contributed by atoms with Gasteiger partial charge in [0.05, 0.1) is 6.54 Å². The molecule has 0 aromatic heterocycles. The van der Waals surface area contributed by atoms with E-state index in [0.717, 1.165) is 0 Å². The number of allylic oxidation sites excluding steroid dienone is 1. The number of nitrogens with two attached hydrogens (primary N) is 1. The second-order valence-corrected chi connectivity index (χ2v) is 1.26. The normalized spacial score (nSPS) is 8.40. The van der Waals surface area contributed by atoms with E-state index in [4.69, 9.17) is 5.84 Å². The molecule has 0 rings (SSSR count). The van der Waals surface area contributed by atoms with Gasteiger partial charge in [0.1, 0.15) is 0 Å². The van der Waals surface area contributed by atoms with Crippen LogP contribution in [0.15, 0.2) is 17.8 Å². The summed E-state index contributed by atoms with van der Waals surface area (Å²) < 4.78 is 0. The van der Waals surface area contributed by atoms with Crippen molar-refractivity contribution in [2.75, 3.05) is 6.54 Å². The minimum absolute atomic E-state index is 0.713. The summed E-state index contributed by atoms with van der Waals surface area (Å²) in [5, 5.41) is 5.06. The molecule has 2 N–H and O–H groups in total. The highest BCUT2D eigenvalue weighted by Gasteiger charge is 1.78. The zero-order valence-electron chi connectivity index (χ0n) is 7.04. The standard InChI is InChI=1S/C5H11N3.C2H6/c1-3-5-7-8(6)4-2;1-2/h3,5H,1,4,6H2,2H3;1-2H3/b7-5-;. The molecule has 0 aromatic rings. The zero-order valence-corrected chi connectivity index (χ0v) is 7.04. The van der Waals surface area contributed by atoms with Crippen LogP contribution in [0.5, 0.6) is 0 Å². The van der Waals surface area contributed by atoms with E-state index in [1.807, 2.05) is 20.8 Å². The Morgan fingerprint density at radius 3 is 2.40 bits per heavy atom. The van der Waals surface area contributed by atoms with Gasteiger partial charge in [-0.15, -0.1) is 0 Å². The number of hydrogen-bond acceptors (Lipinski definition) is 3. The predicted molar refractivity (Wildman–Crippen MR) is 46.6 cm³/mol. The molecule has 0 saturated carbocycles. The van der Waals surface area contributed by atoms with Crippen LogP contribution in [0.2, 0.25) is 0 Å². The number of hydrazine groups is 1. The molecule has 10 heavy (non-hydrogen) atoms. The van der Waals surface area contributed by atoms with Crippen LogP contribution in [-0.4, -0.2) is 17.9 Å². The molecule has 0 aliphatic heterocycles. The highest BCUT2D eigenvalue weighted by atomic mass is 15.6. The van der Waals surface area contributed by atoms with Gasteiger partial charge in [-0.2, -0.15) is 5.10 Å². The van der Waals surface area contributed by atoms with Gasteiger partial charge in [-0.3, -0.25) is 0 Å². The zero-order chi connectivity index (χ0) is 8.41. The van der Waals surface area contributed by atoms with Crippen LogP contribution in [0.4, 0.5) is 0 Å². The summed E-state index contributed by atoms with van der Waals surface area (Å²) in [6.45, 7) is 10.1. The van der Waals surface area contributed by atoms with Crippen molar-refractivity contribution >= 4 is 6.21 Å². The number of hydrazone groups is 1. The van der Waals surface area contributed by atoms with E-state index in [0.29, 0.717) is 6.54 Å². The minimum Gasteiger partial charge on any atom is -0.233 e. The van der Waals surface area contributed by atoms with Crippen LogP contribution in [0.3, 0.4) is 0 Å². The highest BCUT2D eigenvalue weighted by molar-refractivity contribution is 5.69. The molecule has 60 valence electrons. The molecule has 0 aromatic carbocycles. The molecule has 0 unspecified atom stereocenters. The average molecular weight is 143 g/mol. The SMILES string of the molecule is C=C/C=N\N(N)CC.CC. The minimum atomic E-state index is 0.713. The van der Waals surface area contributed by atoms with Gasteiger partial charge in [-0.1, -0.05) is 20.4 Å². The third kappa shape index (κ3) is 10.2.